The van der Waals surface area contributed by atoms with Crippen LogP contribution >= 0.6 is 0 Å². The summed E-state index contributed by atoms with van der Waals surface area (Å²) in [6, 6.07) is 3.15. The summed E-state index contributed by atoms with van der Waals surface area (Å²) in [6.45, 7) is 9.51. The number of hydrogen-bond donors (Lipinski definition) is 4. The first-order chi connectivity index (χ1) is 13.2. The van der Waals surface area contributed by atoms with E-state index in [0.717, 1.165) is 12.1 Å². The Hall–Kier alpha value is -2.94. The van der Waals surface area contributed by atoms with Crippen molar-refractivity contribution < 1.29 is 13.9 Å². The lowest BCUT2D eigenvalue weighted by atomic mass is 10.2. The van der Waals surface area contributed by atoms with Gasteiger partial charge in [0.15, 0.2) is 0 Å². The number of nitrogens with two attached hydrogens (primary N) is 1. The lowest BCUT2D eigenvalue weighted by molar-refractivity contribution is 0.264. The molecular weight excluding hydrogens is 366 g/mol. The number of aliphatic hydroxyl groups excluding tert-OH is 1. The van der Waals surface area contributed by atoms with E-state index in [0.29, 0.717) is 23.8 Å². The van der Waals surface area contributed by atoms with E-state index in [1.54, 1.807) is 4.57 Å². The van der Waals surface area contributed by atoms with Gasteiger partial charge in [0, 0.05) is 24.8 Å². The first kappa shape index (κ1) is 21.4. The van der Waals surface area contributed by atoms with Crippen molar-refractivity contribution in [3.05, 3.63) is 47.9 Å². The number of anilines is 3. The summed E-state index contributed by atoms with van der Waals surface area (Å²) in [4.78, 5) is 8.59. The highest BCUT2D eigenvalue weighted by Crippen LogP contribution is 2.28. The number of halogens is 2. The predicted octanol–water partition coefficient (Wildman–Crippen LogP) is 3.32. The topological polar surface area (TPSA) is 100 Å². The van der Waals surface area contributed by atoms with Crippen LogP contribution < -0.4 is 16.4 Å². The number of nitrogen functional groups attached to an aromatic ring is 1. The Morgan fingerprint density at radius 2 is 2.11 bits per heavy atom. The summed E-state index contributed by atoms with van der Waals surface area (Å²) in [5.74, 6) is -0.428. The van der Waals surface area contributed by atoms with Gasteiger partial charge in [-0.05, 0) is 39.3 Å². The highest BCUT2D eigenvalue weighted by atomic mass is 19.1. The SMILES string of the molecule is C=C(N=Cc1nc(Nc2ccc(F)cc2F)n(C(C)CCO)c1N)NC(C)C. The van der Waals surface area contributed by atoms with Crippen LogP contribution in [-0.2, 0) is 0 Å². The van der Waals surface area contributed by atoms with Gasteiger partial charge in [-0.25, -0.2) is 18.8 Å². The van der Waals surface area contributed by atoms with Crippen LogP contribution in [0, 0.1) is 11.6 Å². The first-order valence-corrected chi connectivity index (χ1v) is 8.93. The second-order valence-corrected chi connectivity index (χ2v) is 6.69. The number of nitrogens with zero attached hydrogens (tertiary/aromatic N) is 3. The summed E-state index contributed by atoms with van der Waals surface area (Å²) in [6.07, 6.45) is 1.88. The van der Waals surface area contributed by atoms with E-state index < -0.39 is 11.6 Å². The maximum atomic E-state index is 14.0. The van der Waals surface area contributed by atoms with Crippen molar-refractivity contribution in [3.63, 3.8) is 0 Å². The van der Waals surface area contributed by atoms with Crippen LogP contribution in [0.15, 0.2) is 35.6 Å². The number of nitrogens with one attached hydrogen (secondary N) is 2. The smallest absolute Gasteiger partial charge is 0.209 e. The third-order valence-electron chi connectivity index (χ3n) is 3.94. The molecule has 7 nitrogen and oxygen atoms in total. The number of aromatic nitrogens is 2. The quantitative estimate of drug-likeness (QED) is 0.491. The van der Waals surface area contributed by atoms with Gasteiger partial charge < -0.3 is 21.5 Å². The van der Waals surface area contributed by atoms with Crippen molar-refractivity contribution in [2.24, 2.45) is 4.99 Å². The minimum absolute atomic E-state index is 0.0539. The molecule has 28 heavy (non-hydrogen) atoms. The Kier molecular flexibility index (Phi) is 7.11. The highest BCUT2D eigenvalue weighted by Gasteiger charge is 2.19. The Balaban J connectivity index is 2.39. The molecule has 5 N–H and O–H groups in total. The second kappa shape index (κ2) is 9.32. The zero-order valence-corrected chi connectivity index (χ0v) is 16.2. The molecule has 9 heteroatoms. The maximum Gasteiger partial charge on any atom is 0.209 e. The van der Waals surface area contributed by atoms with E-state index in [4.69, 9.17) is 5.73 Å². The summed E-state index contributed by atoms with van der Waals surface area (Å²) >= 11 is 0. The lowest BCUT2D eigenvalue weighted by Crippen LogP contribution is -2.20. The molecule has 0 bridgehead atoms. The third kappa shape index (κ3) is 5.29. The zero-order valence-electron chi connectivity index (χ0n) is 16.2. The molecule has 0 aliphatic rings. The monoisotopic (exact) mass is 392 g/mol. The van der Waals surface area contributed by atoms with Gasteiger partial charge in [0.05, 0.1) is 11.9 Å². The van der Waals surface area contributed by atoms with Gasteiger partial charge in [0.25, 0.3) is 0 Å². The fourth-order valence-corrected chi connectivity index (χ4v) is 2.63. The van der Waals surface area contributed by atoms with E-state index in [9.17, 15) is 13.9 Å². The summed E-state index contributed by atoms with van der Waals surface area (Å²) in [5.41, 5.74) is 6.64. The Labute approximate surface area is 163 Å². The summed E-state index contributed by atoms with van der Waals surface area (Å²) in [7, 11) is 0. The lowest BCUT2D eigenvalue weighted by Gasteiger charge is -2.18. The summed E-state index contributed by atoms with van der Waals surface area (Å²) in [5, 5.41) is 15.2. The minimum Gasteiger partial charge on any atom is -0.396 e. The normalized spacial score (nSPS) is 12.5. The molecule has 0 aliphatic carbocycles. The standard InChI is InChI=1S/C19H26F2N6O/c1-11(2)24-13(4)23-10-17-18(22)27(12(3)7-8-28)19(26-17)25-16-6-5-14(20)9-15(16)21/h5-6,9-12,24,28H,4,7-8,22H2,1-3H3,(H,25,26). The van der Waals surface area contributed by atoms with Gasteiger partial charge in [-0.15, -0.1) is 0 Å². The fourth-order valence-electron chi connectivity index (χ4n) is 2.63. The van der Waals surface area contributed by atoms with Crippen molar-refractivity contribution in [1.29, 1.82) is 0 Å². The Bertz CT molecular complexity index is 862. The molecule has 2 aromatic rings. The number of hydrogen-bond acceptors (Lipinski definition) is 6. The van der Waals surface area contributed by atoms with E-state index in [1.165, 1.54) is 12.3 Å². The first-order valence-electron chi connectivity index (χ1n) is 8.93. The fraction of sp³-hybridized carbons (Fsp3) is 0.368. The number of aliphatic hydroxyl groups is 1. The third-order valence-corrected chi connectivity index (χ3v) is 3.94. The minimum atomic E-state index is -0.757. The van der Waals surface area contributed by atoms with Crippen LogP contribution in [0.1, 0.15) is 38.9 Å². The largest absolute Gasteiger partial charge is 0.396 e. The summed E-state index contributed by atoms with van der Waals surface area (Å²) < 4.78 is 28.8. The molecule has 0 radical (unpaired) electrons. The van der Waals surface area contributed by atoms with E-state index >= 15 is 0 Å². The molecule has 1 heterocycles. The molecule has 0 saturated heterocycles. The van der Waals surface area contributed by atoms with Gasteiger partial charge in [0.2, 0.25) is 5.95 Å². The molecule has 2 rings (SSSR count). The van der Waals surface area contributed by atoms with E-state index in [-0.39, 0.29) is 30.3 Å². The zero-order chi connectivity index (χ0) is 20.8. The van der Waals surface area contributed by atoms with Gasteiger partial charge in [0.1, 0.15) is 29.0 Å². The van der Waals surface area contributed by atoms with Gasteiger partial charge in [-0.2, -0.15) is 0 Å². The molecule has 1 atom stereocenters. The van der Waals surface area contributed by atoms with Crippen molar-refractivity contribution in [2.45, 2.75) is 39.3 Å². The van der Waals surface area contributed by atoms with Crippen LogP contribution in [0.5, 0.6) is 0 Å². The van der Waals surface area contributed by atoms with E-state index in [1.807, 2.05) is 20.8 Å². The highest BCUT2D eigenvalue weighted by molar-refractivity contribution is 5.85. The van der Waals surface area contributed by atoms with E-state index in [2.05, 4.69) is 27.2 Å². The second-order valence-electron chi connectivity index (χ2n) is 6.69. The number of benzene rings is 1. The molecule has 152 valence electrons. The van der Waals surface area contributed by atoms with Crippen molar-refractivity contribution in [1.82, 2.24) is 14.9 Å². The van der Waals surface area contributed by atoms with Gasteiger partial charge >= 0.3 is 0 Å². The average molecular weight is 392 g/mol. The molecule has 0 aliphatic heterocycles. The van der Waals surface area contributed by atoms with Crippen molar-refractivity contribution >= 4 is 23.7 Å². The molecule has 1 unspecified atom stereocenters. The van der Waals surface area contributed by atoms with Crippen LogP contribution in [0.4, 0.5) is 26.2 Å². The molecule has 1 aromatic heterocycles. The van der Waals surface area contributed by atoms with Crippen LogP contribution in [0.3, 0.4) is 0 Å². The Morgan fingerprint density at radius 3 is 2.71 bits per heavy atom. The van der Waals surface area contributed by atoms with Crippen molar-refractivity contribution in [3.8, 4) is 0 Å². The average Bonchev–Trinajstić information content (AvgIpc) is 2.90. The molecule has 1 aromatic carbocycles. The maximum absolute atomic E-state index is 14.0. The molecule has 0 spiro atoms. The van der Waals surface area contributed by atoms with Crippen LogP contribution in [0.2, 0.25) is 0 Å². The predicted molar refractivity (Wildman–Crippen MR) is 108 cm³/mol. The molecule has 0 saturated carbocycles. The molecule has 0 amide bonds. The van der Waals surface area contributed by atoms with Crippen molar-refractivity contribution in [2.75, 3.05) is 17.7 Å². The molecular formula is C19H26F2N6O. The number of imidazole rings is 1. The number of aliphatic imine (C=N–C) groups is 1. The number of rotatable bonds is 9. The van der Waals surface area contributed by atoms with Crippen LogP contribution in [-0.4, -0.2) is 33.5 Å². The Morgan fingerprint density at radius 1 is 1.39 bits per heavy atom. The van der Waals surface area contributed by atoms with Gasteiger partial charge in [-0.1, -0.05) is 6.58 Å². The molecule has 0 fully saturated rings. The van der Waals surface area contributed by atoms with Gasteiger partial charge in [-0.3, -0.25) is 4.57 Å². The van der Waals surface area contributed by atoms with Crippen LogP contribution in [0.25, 0.3) is 0 Å².